The number of rotatable bonds is 2. The maximum atomic E-state index is 5.24. The van der Waals surface area contributed by atoms with Crippen LogP contribution in [0.5, 0.6) is 0 Å². The summed E-state index contributed by atoms with van der Waals surface area (Å²) in [5.74, 6) is 0. The SMILES string of the molecule is N/C=C(/N)CCN. The van der Waals surface area contributed by atoms with Gasteiger partial charge in [-0.15, -0.1) is 0 Å². The van der Waals surface area contributed by atoms with Crippen molar-refractivity contribution >= 4 is 0 Å². The fourth-order valence-electron chi connectivity index (χ4n) is 0.250. The Labute approximate surface area is 43.2 Å². The summed E-state index contributed by atoms with van der Waals surface area (Å²) in [6, 6.07) is 0. The van der Waals surface area contributed by atoms with E-state index < -0.39 is 0 Å². The van der Waals surface area contributed by atoms with Gasteiger partial charge in [-0.25, -0.2) is 0 Å². The second kappa shape index (κ2) is 3.49. The zero-order chi connectivity index (χ0) is 5.70. The molecule has 0 aliphatic heterocycles. The minimum Gasteiger partial charge on any atom is -0.403 e. The highest BCUT2D eigenvalue weighted by Crippen LogP contribution is 1.82. The number of nitrogens with two attached hydrogens (primary N) is 3. The highest BCUT2D eigenvalue weighted by molar-refractivity contribution is 4.92. The molecular formula is C4H11N3. The highest BCUT2D eigenvalue weighted by Gasteiger charge is 1.81. The second-order valence-electron chi connectivity index (χ2n) is 1.28. The van der Waals surface area contributed by atoms with Gasteiger partial charge in [0.05, 0.1) is 0 Å². The Hall–Kier alpha value is -0.700. The van der Waals surface area contributed by atoms with Crippen molar-refractivity contribution in [2.45, 2.75) is 6.42 Å². The van der Waals surface area contributed by atoms with E-state index in [-0.39, 0.29) is 0 Å². The van der Waals surface area contributed by atoms with Crippen molar-refractivity contribution in [3.05, 3.63) is 11.9 Å². The Bertz CT molecular complexity index is 67.3. The largest absolute Gasteiger partial charge is 0.403 e. The molecule has 0 saturated carbocycles. The van der Waals surface area contributed by atoms with Crippen LogP contribution in [0.2, 0.25) is 0 Å². The molecule has 42 valence electrons. The molecule has 0 saturated heterocycles. The normalized spacial score (nSPS) is 11.9. The summed E-state index contributed by atoms with van der Waals surface area (Å²) in [7, 11) is 0. The average molecular weight is 101 g/mol. The van der Waals surface area contributed by atoms with Gasteiger partial charge in [0.25, 0.3) is 0 Å². The lowest BCUT2D eigenvalue weighted by Crippen LogP contribution is -2.07. The predicted molar refractivity (Wildman–Crippen MR) is 30.1 cm³/mol. The molecule has 0 bridgehead atoms. The lowest BCUT2D eigenvalue weighted by Gasteiger charge is -1.91. The maximum Gasteiger partial charge on any atom is 0.0250 e. The molecule has 6 N–H and O–H groups in total. The second-order valence-corrected chi connectivity index (χ2v) is 1.28. The molecule has 3 heteroatoms. The first kappa shape index (κ1) is 6.30. The molecular weight excluding hydrogens is 90.1 g/mol. The molecule has 0 aromatic heterocycles. The predicted octanol–water partition coefficient (Wildman–Crippen LogP) is -0.906. The zero-order valence-electron chi connectivity index (χ0n) is 4.22. The van der Waals surface area contributed by atoms with Crippen molar-refractivity contribution in [2.75, 3.05) is 6.54 Å². The van der Waals surface area contributed by atoms with Gasteiger partial charge in [-0.3, -0.25) is 0 Å². The van der Waals surface area contributed by atoms with Crippen LogP contribution in [0.1, 0.15) is 6.42 Å². The van der Waals surface area contributed by atoms with Crippen LogP contribution in [0.25, 0.3) is 0 Å². The molecule has 0 heterocycles. The summed E-state index contributed by atoms with van der Waals surface area (Å²) in [4.78, 5) is 0. The van der Waals surface area contributed by atoms with Crippen molar-refractivity contribution in [3.63, 3.8) is 0 Å². The summed E-state index contributed by atoms with van der Waals surface area (Å²) in [6.45, 7) is 0.569. The lowest BCUT2D eigenvalue weighted by atomic mass is 10.3. The van der Waals surface area contributed by atoms with Gasteiger partial charge in [0.15, 0.2) is 0 Å². The third-order valence-electron chi connectivity index (χ3n) is 0.647. The van der Waals surface area contributed by atoms with Crippen LogP contribution in [0.4, 0.5) is 0 Å². The van der Waals surface area contributed by atoms with Crippen LogP contribution < -0.4 is 17.2 Å². The van der Waals surface area contributed by atoms with Gasteiger partial charge in [-0.05, 0) is 6.54 Å². The van der Waals surface area contributed by atoms with Crippen molar-refractivity contribution < 1.29 is 0 Å². The molecule has 0 radical (unpaired) electrons. The molecule has 0 fully saturated rings. The molecule has 0 unspecified atom stereocenters. The average Bonchev–Trinajstić information content (AvgIpc) is 1.68. The van der Waals surface area contributed by atoms with Gasteiger partial charge < -0.3 is 17.2 Å². The van der Waals surface area contributed by atoms with E-state index in [2.05, 4.69) is 0 Å². The molecule has 7 heavy (non-hydrogen) atoms. The van der Waals surface area contributed by atoms with E-state index in [0.717, 1.165) is 0 Å². The van der Waals surface area contributed by atoms with Crippen LogP contribution in [0, 0.1) is 0 Å². The summed E-state index contributed by atoms with van der Waals surface area (Å²) in [5, 5.41) is 0. The van der Waals surface area contributed by atoms with E-state index in [1.165, 1.54) is 6.20 Å². The maximum absolute atomic E-state index is 5.24. The molecule has 0 rings (SSSR count). The number of hydrogen-bond acceptors (Lipinski definition) is 3. The van der Waals surface area contributed by atoms with E-state index in [4.69, 9.17) is 17.2 Å². The van der Waals surface area contributed by atoms with E-state index in [0.29, 0.717) is 18.7 Å². The molecule has 0 aromatic rings. The summed E-state index contributed by atoms with van der Waals surface area (Å²) in [5.41, 5.74) is 16.0. The Balaban J connectivity index is 3.17. The molecule has 0 spiro atoms. The Kier molecular flexibility index (Phi) is 3.14. The van der Waals surface area contributed by atoms with Gasteiger partial charge in [0.2, 0.25) is 0 Å². The van der Waals surface area contributed by atoms with Gasteiger partial charge >= 0.3 is 0 Å². The monoisotopic (exact) mass is 101 g/mol. The molecule has 3 nitrogen and oxygen atoms in total. The first-order chi connectivity index (χ1) is 3.31. The minimum absolute atomic E-state index is 0.569. The smallest absolute Gasteiger partial charge is 0.0250 e. The van der Waals surface area contributed by atoms with Crippen molar-refractivity contribution in [3.8, 4) is 0 Å². The van der Waals surface area contributed by atoms with Crippen LogP contribution in [-0.4, -0.2) is 6.54 Å². The third kappa shape index (κ3) is 3.12. The molecule has 0 aromatic carbocycles. The van der Waals surface area contributed by atoms with Gasteiger partial charge in [-0.1, -0.05) is 0 Å². The zero-order valence-corrected chi connectivity index (χ0v) is 4.22. The van der Waals surface area contributed by atoms with Gasteiger partial charge in [-0.2, -0.15) is 0 Å². The van der Waals surface area contributed by atoms with E-state index in [1.807, 2.05) is 0 Å². The topological polar surface area (TPSA) is 78.1 Å². The van der Waals surface area contributed by atoms with Crippen molar-refractivity contribution in [1.29, 1.82) is 0 Å². The Morgan fingerprint density at radius 3 is 2.29 bits per heavy atom. The fourth-order valence-corrected chi connectivity index (χ4v) is 0.250. The summed E-state index contributed by atoms with van der Waals surface area (Å²) < 4.78 is 0. The van der Waals surface area contributed by atoms with E-state index in [9.17, 15) is 0 Å². The quantitative estimate of drug-likeness (QED) is 0.421. The summed E-state index contributed by atoms with van der Waals surface area (Å²) >= 11 is 0. The van der Waals surface area contributed by atoms with Gasteiger partial charge in [0.1, 0.15) is 0 Å². The molecule has 0 aliphatic carbocycles. The van der Waals surface area contributed by atoms with E-state index in [1.54, 1.807) is 0 Å². The van der Waals surface area contributed by atoms with Crippen LogP contribution in [-0.2, 0) is 0 Å². The first-order valence-electron chi connectivity index (χ1n) is 2.17. The van der Waals surface area contributed by atoms with Crippen LogP contribution in [0.3, 0.4) is 0 Å². The summed E-state index contributed by atoms with van der Waals surface area (Å²) in [6.07, 6.45) is 2.06. The standard InChI is InChI=1S/C4H11N3/c5-2-1-4(7)3-6/h3H,1-2,5-7H2/b4-3+. The van der Waals surface area contributed by atoms with Crippen molar-refractivity contribution in [1.82, 2.24) is 0 Å². The van der Waals surface area contributed by atoms with Gasteiger partial charge in [0, 0.05) is 18.3 Å². The van der Waals surface area contributed by atoms with E-state index >= 15 is 0 Å². The Morgan fingerprint density at radius 1 is 1.57 bits per heavy atom. The lowest BCUT2D eigenvalue weighted by molar-refractivity contribution is 0.931. The third-order valence-corrected chi connectivity index (χ3v) is 0.647. The molecule has 0 aliphatic rings. The first-order valence-corrected chi connectivity index (χ1v) is 2.17. The highest BCUT2D eigenvalue weighted by atomic mass is 14.6. The van der Waals surface area contributed by atoms with Crippen molar-refractivity contribution in [2.24, 2.45) is 17.2 Å². The van der Waals surface area contributed by atoms with Crippen LogP contribution in [0.15, 0.2) is 11.9 Å². The molecule has 0 amide bonds. The molecule has 0 atom stereocenters. The van der Waals surface area contributed by atoms with Crippen LogP contribution >= 0.6 is 0 Å². The number of hydrogen-bond donors (Lipinski definition) is 3. The minimum atomic E-state index is 0.569. The Morgan fingerprint density at radius 2 is 2.14 bits per heavy atom. The fraction of sp³-hybridized carbons (Fsp3) is 0.500.